The van der Waals surface area contributed by atoms with Crippen molar-refractivity contribution in [2.24, 2.45) is 11.8 Å². The van der Waals surface area contributed by atoms with Gasteiger partial charge in [0.2, 0.25) is 0 Å². The molecule has 2 fully saturated rings. The molecular formula is C38H46O8. The Morgan fingerprint density at radius 2 is 1.72 bits per heavy atom. The van der Waals surface area contributed by atoms with E-state index in [9.17, 15) is 24.9 Å². The first kappa shape index (κ1) is 32.3. The number of ketones is 1. The predicted molar refractivity (Wildman–Crippen MR) is 175 cm³/mol. The maximum Gasteiger partial charge on any atom is 0.330 e. The molecule has 3 heterocycles. The van der Waals surface area contributed by atoms with Gasteiger partial charge in [-0.2, -0.15) is 0 Å². The van der Waals surface area contributed by atoms with E-state index in [-0.39, 0.29) is 40.8 Å². The first-order chi connectivity index (χ1) is 21.5. The van der Waals surface area contributed by atoms with Crippen LogP contribution in [-0.4, -0.2) is 55.6 Å². The van der Waals surface area contributed by atoms with Gasteiger partial charge in [-0.05, 0) is 93.2 Å². The zero-order valence-electron chi connectivity index (χ0n) is 28.1. The van der Waals surface area contributed by atoms with Crippen molar-refractivity contribution in [2.75, 3.05) is 0 Å². The average molecular weight is 631 g/mol. The van der Waals surface area contributed by atoms with Crippen molar-refractivity contribution in [1.82, 2.24) is 0 Å². The van der Waals surface area contributed by atoms with Gasteiger partial charge in [0.1, 0.15) is 34.0 Å². The number of hydrogen-bond acceptors (Lipinski definition) is 7. The molecule has 7 rings (SSSR count). The number of phenols is 1. The summed E-state index contributed by atoms with van der Waals surface area (Å²) in [5.74, 6) is -1.64. The van der Waals surface area contributed by atoms with Crippen LogP contribution in [0.15, 0.2) is 52.7 Å². The van der Waals surface area contributed by atoms with E-state index in [0.717, 1.165) is 12.0 Å². The molecule has 2 unspecified atom stereocenters. The molecule has 246 valence electrons. The minimum absolute atomic E-state index is 0.0323. The third kappa shape index (κ3) is 4.54. The first-order valence-corrected chi connectivity index (χ1v) is 16.3. The molecule has 6 atom stereocenters. The van der Waals surface area contributed by atoms with Gasteiger partial charge in [-0.1, -0.05) is 35.5 Å². The largest absolute Gasteiger partial charge is 0.506 e. The van der Waals surface area contributed by atoms with Crippen molar-refractivity contribution in [3.05, 3.63) is 69.4 Å². The van der Waals surface area contributed by atoms with Gasteiger partial charge in [0, 0.05) is 35.0 Å². The Labute approximate surface area is 271 Å². The Bertz CT molecular complexity index is 1680. The standard InChI is InChI=1S/C38H46O8/c1-20(2)10-9-15-36(8)16-14-24-29(39)28-30(40)26-18-23-19-27-35(6,7)46-37(33(23)41,17-13-22(5)34(42)43)38(26,27)45-32(28)25(31(24)44-36)12-11-21(3)4/h10-11,13-14,16,18,23,27,33,39,41H,9,12,15,17,19H2,1-8H3,(H,42,43)/b22-13-/t23-,27?,33?,36-,37+,38-/m1/s1. The summed E-state index contributed by atoms with van der Waals surface area (Å²) in [6.45, 7) is 15.5. The van der Waals surface area contributed by atoms with E-state index in [4.69, 9.17) is 14.2 Å². The number of aliphatic hydroxyl groups excluding tert-OH is 1. The number of carbonyl (C=O) groups is 2. The monoisotopic (exact) mass is 630 g/mol. The number of carbonyl (C=O) groups excluding carboxylic acids is 1. The molecule has 1 aromatic rings. The summed E-state index contributed by atoms with van der Waals surface area (Å²) in [4.78, 5) is 26.6. The van der Waals surface area contributed by atoms with Gasteiger partial charge < -0.3 is 29.5 Å². The van der Waals surface area contributed by atoms with Crippen molar-refractivity contribution in [2.45, 2.75) is 116 Å². The number of ether oxygens (including phenoxy) is 3. The van der Waals surface area contributed by atoms with Crippen molar-refractivity contribution < 1.29 is 39.1 Å². The number of carboxylic acid groups (broad SMARTS) is 1. The van der Waals surface area contributed by atoms with Crippen LogP contribution in [0, 0.1) is 11.8 Å². The average Bonchev–Trinajstić information content (AvgIpc) is 3.12. The lowest BCUT2D eigenvalue weighted by Crippen LogP contribution is -2.73. The van der Waals surface area contributed by atoms with E-state index in [1.165, 1.54) is 12.5 Å². The number of fused-ring (bicyclic) bond motifs is 2. The van der Waals surface area contributed by atoms with E-state index in [2.05, 4.69) is 19.9 Å². The second-order valence-electron chi connectivity index (χ2n) is 15.0. The minimum atomic E-state index is -1.43. The summed E-state index contributed by atoms with van der Waals surface area (Å²) in [6, 6.07) is 0. The Morgan fingerprint density at radius 1 is 1.02 bits per heavy atom. The summed E-state index contributed by atoms with van der Waals surface area (Å²) in [7, 11) is 0. The molecule has 1 spiro atoms. The molecule has 3 aliphatic heterocycles. The molecule has 3 aliphatic carbocycles. The first-order valence-electron chi connectivity index (χ1n) is 16.3. The predicted octanol–water partition coefficient (Wildman–Crippen LogP) is 7.03. The zero-order chi connectivity index (χ0) is 33.6. The van der Waals surface area contributed by atoms with Crippen LogP contribution in [0.4, 0.5) is 0 Å². The van der Waals surface area contributed by atoms with Gasteiger partial charge in [0.25, 0.3) is 0 Å². The molecule has 4 bridgehead atoms. The van der Waals surface area contributed by atoms with Crippen LogP contribution >= 0.6 is 0 Å². The number of aromatic hydroxyl groups is 1. The van der Waals surface area contributed by atoms with E-state index < -0.39 is 40.4 Å². The number of Topliss-reactive ketones (excluding diaryl/α,β-unsaturated/α-hetero) is 1. The van der Waals surface area contributed by atoms with Crippen molar-refractivity contribution in [1.29, 1.82) is 0 Å². The zero-order valence-corrected chi connectivity index (χ0v) is 28.1. The van der Waals surface area contributed by atoms with Gasteiger partial charge in [-0.3, -0.25) is 4.79 Å². The molecule has 1 saturated heterocycles. The Hall–Kier alpha value is -3.62. The number of phenolic OH excluding ortho intramolecular Hbond substituents is 1. The Kier molecular flexibility index (Phi) is 7.52. The SMILES string of the molecule is CC(C)=CCC[C@]1(C)C=Cc2c(O)c3c(c(CC=C(C)C)c2O1)O[C@]12C(=C[C@@H]4CC1C(C)(C)O[C@@]2(C/C=C(/C)C(=O)O)C4O)C3=O. The smallest absolute Gasteiger partial charge is 0.330 e. The number of hydrogen-bond donors (Lipinski definition) is 3. The minimum Gasteiger partial charge on any atom is -0.506 e. The highest BCUT2D eigenvalue weighted by atomic mass is 16.6. The lowest BCUT2D eigenvalue weighted by Gasteiger charge is -2.59. The van der Waals surface area contributed by atoms with Gasteiger partial charge in [0.05, 0.1) is 17.3 Å². The second kappa shape index (κ2) is 10.7. The lowest BCUT2D eigenvalue weighted by atomic mass is 9.50. The van der Waals surface area contributed by atoms with Crippen molar-refractivity contribution in [3.8, 4) is 17.2 Å². The van der Waals surface area contributed by atoms with Crippen molar-refractivity contribution in [3.63, 3.8) is 0 Å². The fourth-order valence-electron chi connectivity index (χ4n) is 8.41. The van der Waals surface area contributed by atoms with E-state index >= 15 is 0 Å². The summed E-state index contributed by atoms with van der Waals surface area (Å²) in [5.41, 5.74) is -0.383. The van der Waals surface area contributed by atoms with Gasteiger partial charge in [-0.15, -0.1) is 0 Å². The third-order valence-corrected chi connectivity index (χ3v) is 10.7. The second-order valence-corrected chi connectivity index (χ2v) is 15.0. The summed E-state index contributed by atoms with van der Waals surface area (Å²) >= 11 is 0. The van der Waals surface area contributed by atoms with Crippen LogP contribution in [-0.2, 0) is 16.0 Å². The van der Waals surface area contributed by atoms with Gasteiger partial charge in [0.15, 0.2) is 11.4 Å². The van der Waals surface area contributed by atoms with E-state index in [0.29, 0.717) is 41.7 Å². The normalized spacial score (nSPS) is 32.8. The van der Waals surface area contributed by atoms with Crippen LogP contribution in [0.1, 0.15) is 103 Å². The maximum absolute atomic E-state index is 14.7. The highest BCUT2D eigenvalue weighted by molar-refractivity contribution is 6.16. The molecule has 8 heteroatoms. The summed E-state index contributed by atoms with van der Waals surface area (Å²) < 4.78 is 20.8. The van der Waals surface area contributed by atoms with Crippen LogP contribution in [0.3, 0.4) is 0 Å². The molecule has 0 aromatic heterocycles. The van der Waals surface area contributed by atoms with Crippen molar-refractivity contribution >= 4 is 17.8 Å². The van der Waals surface area contributed by atoms with Gasteiger partial charge >= 0.3 is 5.97 Å². The summed E-state index contributed by atoms with van der Waals surface area (Å²) in [6.07, 6.45) is 12.8. The lowest BCUT2D eigenvalue weighted by molar-refractivity contribution is -0.204. The summed E-state index contributed by atoms with van der Waals surface area (Å²) in [5, 5.41) is 33.4. The Morgan fingerprint density at radius 3 is 2.37 bits per heavy atom. The fourth-order valence-corrected chi connectivity index (χ4v) is 8.41. The number of rotatable bonds is 8. The Balaban J connectivity index is 1.58. The molecule has 3 N–H and O–H groups in total. The number of benzene rings is 1. The van der Waals surface area contributed by atoms with Crippen LogP contribution < -0.4 is 9.47 Å². The molecule has 0 amide bonds. The number of allylic oxidation sites excluding steroid dienone is 4. The van der Waals surface area contributed by atoms with Crippen LogP contribution in [0.2, 0.25) is 0 Å². The number of aliphatic carboxylic acids is 1. The fraction of sp³-hybridized carbons (Fsp3) is 0.526. The molecule has 1 aromatic carbocycles. The highest BCUT2D eigenvalue weighted by Crippen LogP contribution is 2.69. The molecule has 0 radical (unpaired) electrons. The molecule has 1 saturated carbocycles. The topological polar surface area (TPSA) is 123 Å². The molecular weight excluding hydrogens is 584 g/mol. The van der Waals surface area contributed by atoms with E-state index in [1.54, 1.807) is 12.2 Å². The maximum atomic E-state index is 14.7. The van der Waals surface area contributed by atoms with E-state index in [1.807, 2.05) is 52.8 Å². The number of aliphatic hydroxyl groups is 1. The third-order valence-electron chi connectivity index (χ3n) is 10.7. The quantitative estimate of drug-likeness (QED) is 0.207. The molecule has 6 aliphatic rings. The molecule has 8 nitrogen and oxygen atoms in total. The van der Waals surface area contributed by atoms with Crippen LogP contribution in [0.5, 0.6) is 17.2 Å². The highest BCUT2D eigenvalue weighted by Gasteiger charge is 2.80. The number of carboxylic acids is 1. The molecule has 46 heavy (non-hydrogen) atoms. The van der Waals surface area contributed by atoms with Crippen LogP contribution in [0.25, 0.3) is 6.08 Å². The van der Waals surface area contributed by atoms with Gasteiger partial charge in [-0.25, -0.2) is 4.79 Å².